The Morgan fingerprint density at radius 1 is 1.00 bits per heavy atom. The third-order valence-corrected chi connectivity index (χ3v) is 15.4. The Kier molecular flexibility index (Phi) is 9.75. The lowest BCUT2D eigenvalue weighted by Gasteiger charge is -2.45. The first kappa shape index (κ1) is 26.6. The highest BCUT2D eigenvalue weighted by atomic mass is 28.4. The second kappa shape index (κ2) is 9.89. The molecular formula is C22H44O3Si2. The van der Waals surface area contributed by atoms with Crippen molar-refractivity contribution in [1.29, 1.82) is 0 Å². The van der Waals surface area contributed by atoms with Gasteiger partial charge >= 0.3 is 0 Å². The minimum absolute atomic E-state index is 0.00759. The molecule has 0 aliphatic heterocycles. The summed E-state index contributed by atoms with van der Waals surface area (Å²) in [6.07, 6.45) is 8.35. The van der Waals surface area contributed by atoms with Crippen LogP contribution in [0.1, 0.15) is 54.4 Å². The molecule has 3 nitrogen and oxygen atoms in total. The van der Waals surface area contributed by atoms with Crippen LogP contribution in [-0.2, 0) is 8.85 Å². The summed E-state index contributed by atoms with van der Waals surface area (Å²) in [4.78, 5) is 0. The largest absolute Gasteiger partial charge is 0.413 e. The molecule has 158 valence electrons. The van der Waals surface area contributed by atoms with E-state index < -0.39 is 16.6 Å². The van der Waals surface area contributed by atoms with Gasteiger partial charge < -0.3 is 14.0 Å². The highest BCUT2D eigenvalue weighted by Gasteiger charge is 2.44. The Bertz CT molecular complexity index is 507. The van der Waals surface area contributed by atoms with E-state index in [0.717, 1.165) is 0 Å². The fourth-order valence-electron chi connectivity index (χ4n) is 2.49. The lowest BCUT2D eigenvalue weighted by atomic mass is 9.91. The van der Waals surface area contributed by atoms with Crippen molar-refractivity contribution in [3.05, 3.63) is 12.7 Å². The van der Waals surface area contributed by atoms with Gasteiger partial charge in [0.25, 0.3) is 0 Å². The molecule has 5 heteroatoms. The Morgan fingerprint density at radius 2 is 1.44 bits per heavy atom. The molecule has 0 aliphatic carbocycles. The van der Waals surface area contributed by atoms with Gasteiger partial charge in [-0.3, -0.25) is 0 Å². The average molecular weight is 413 g/mol. The molecule has 3 atom stereocenters. The number of terminal acetylenes is 1. The predicted octanol–water partition coefficient (Wildman–Crippen LogP) is 5.98. The van der Waals surface area contributed by atoms with Crippen LogP contribution < -0.4 is 0 Å². The molecule has 0 aliphatic rings. The molecule has 0 fully saturated rings. The Balaban J connectivity index is 5.82. The maximum absolute atomic E-state index is 9.74. The zero-order valence-corrected chi connectivity index (χ0v) is 21.5. The zero-order chi connectivity index (χ0) is 21.7. The van der Waals surface area contributed by atoms with E-state index in [1.54, 1.807) is 0 Å². The van der Waals surface area contributed by atoms with Crippen molar-refractivity contribution in [2.24, 2.45) is 5.92 Å². The van der Waals surface area contributed by atoms with Crippen LogP contribution in [0, 0.1) is 18.3 Å². The standard InChI is InChI=1S/C22H44O3Si2/c1-13-15-20(25-27(11,12)22(6,7)8)18(16-17-23)19(14-2)24-26(9,10)21(3,4)5/h1,14,18-20,23H,2,15-17H2,3-12H3/t18-,19-,20-/m1/s1. The summed E-state index contributed by atoms with van der Waals surface area (Å²) in [5, 5.41) is 9.93. The molecule has 27 heavy (non-hydrogen) atoms. The second-order valence-corrected chi connectivity index (χ2v) is 20.1. The molecule has 0 spiro atoms. The highest BCUT2D eigenvalue weighted by Crippen LogP contribution is 2.41. The normalized spacial score (nSPS) is 17.1. The molecule has 0 unspecified atom stereocenters. The van der Waals surface area contributed by atoms with Crippen LogP contribution >= 0.6 is 0 Å². The van der Waals surface area contributed by atoms with Crippen LogP contribution in [0.3, 0.4) is 0 Å². The lowest BCUT2D eigenvalue weighted by Crippen LogP contribution is -2.50. The molecular weight excluding hydrogens is 368 g/mol. The van der Waals surface area contributed by atoms with E-state index in [-0.39, 0.29) is 34.8 Å². The summed E-state index contributed by atoms with van der Waals surface area (Å²) in [6, 6.07) is 0. The van der Waals surface area contributed by atoms with E-state index in [0.29, 0.717) is 12.8 Å². The minimum atomic E-state index is -2.01. The molecule has 0 heterocycles. The summed E-state index contributed by atoms with van der Waals surface area (Å²) in [5.41, 5.74) is 0. The van der Waals surface area contributed by atoms with Gasteiger partial charge in [0.05, 0.1) is 12.2 Å². The maximum atomic E-state index is 9.74. The Labute approximate surface area is 171 Å². The molecule has 0 amide bonds. The van der Waals surface area contributed by atoms with Crippen molar-refractivity contribution < 1.29 is 14.0 Å². The fourth-order valence-corrected chi connectivity index (χ4v) is 5.16. The van der Waals surface area contributed by atoms with Gasteiger partial charge in [0.1, 0.15) is 0 Å². The minimum Gasteiger partial charge on any atom is -0.413 e. The third-order valence-electron chi connectivity index (χ3n) is 6.40. The van der Waals surface area contributed by atoms with Crippen molar-refractivity contribution in [1.82, 2.24) is 0 Å². The molecule has 0 aromatic heterocycles. The van der Waals surface area contributed by atoms with Crippen molar-refractivity contribution in [3.63, 3.8) is 0 Å². The van der Waals surface area contributed by atoms with E-state index in [2.05, 4.69) is 80.2 Å². The topological polar surface area (TPSA) is 38.7 Å². The number of hydrogen-bond acceptors (Lipinski definition) is 3. The van der Waals surface area contributed by atoms with Crippen LogP contribution in [0.5, 0.6) is 0 Å². The van der Waals surface area contributed by atoms with Crippen LogP contribution in [0.4, 0.5) is 0 Å². The van der Waals surface area contributed by atoms with E-state index >= 15 is 0 Å². The van der Waals surface area contributed by atoms with Crippen LogP contribution in [0.15, 0.2) is 12.7 Å². The molecule has 0 saturated heterocycles. The van der Waals surface area contributed by atoms with Gasteiger partial charge in [-0.25, -0.2) is 0 Å². The van der Waals surface area contributed by atoms with Crippen molar-refractivity contribution >= 4 is 16.6 Å². The second-order valence-electron chi connectivity index (χ2n) is 10.6. The number of hydrogen-bond donors (Lipinski definition) is 1. The fraction of sp³-hybridized carbons (Fsp3) is 0.818. The summed E-state index contributed by atoms with van der Waals surface area (Å²) in [7, 11) is -4.00. The molecule has 0 aromatic rings. The first-order valence-corrected chi connectivity index (χ1v) is 15.9. The van der Waals surface area contributed by atoms with E-state index in [1.807, 2.05) is 6.08 Å². The first-order valence-electron chi connectivity index (χ1n) is 10.1. The smallest absolute Gasteiger partial charge is 0.192 e. The summed E-state index contributed by atoms with van der Waals surface area (Å²) in [5.74, 6) is 2.78. The average Bonchev–Trinajstić information content (AvgIpc) is 2.47. The number of aliphatic hydroxyl groups is 1. The van der Waals surface area contributed by atoms with Crippen molar-refractivity contribution in [2.75, 3.05) is 6.61 Å². The van der Waals surface area contributed by atoms with Gasteiger partial charge in [-0.1, -0.05) is 47.6 Å². The van der Waals surface area contributed by atoms with Gasteiger partial charge in [-0.15, -0.1) is 18.9 Å². The summed E-state index contributed by atoms with van der Waals surface area (Å²) < 4.78 is 13.4. The van der Waals surface area contributed by atoms with Crippen LogP contribution in [0.2, 0.25) is 36.3 Å². The van der Waals surface area contributed by atoms with E-state index in [1.165, 1.54) is 0 Å². The zero-order valence-electron chi connectivity index (χ0n) is 19.5. The quantitative estimate of drug-likeness (QED) is 0.273. The molecule has 0 rings (SSSR count). The highest BCUT2D eigenvalue weighted by molar-refractivity contribution is 6.74. The van der Waals surface area contributed by atoms with Gasteiger partial charge in [0.15, 0.2) is 16.6 Å². The van der Waals surface area contributed by atoms with Gasteiger partial charge in [-0.05, 0) is 42.7 Å². The van der Waals surface area contributed by atoms with Crippen molar-refractivity contribution in [3.8, 4) is 12.3 Å². The first-order chi connectivity index (χ1) is 12.0. The van der Waals surface area contributed by atoms with Gasteiger partial charge in [0, 0.05) is 18.9 Å². The van der Waals surface area contributed by atoms with E-state index in [4.69, 9.17) is 15.3 Å². The Hall–Kier alpha value is -0.386. The number of rotatable bonds is 10. The van der Waals surface area contributed by atoms with Gasteiger partial charge in [-0.2, -0.15) is 0 Å². The van der Waals surface area contributed by atoms with E-state index in [9.17, 15) is 5.11 Å². The molecule has 0 aromatic carbocycles. The summed E-state index contributed by atoms with van der Waals surface area (Å²) >= 11 is 0. The molecule has 1 N–H and O–H groups in total. The monoisotopic (exact) mass is 412 g/mol. The summed E-state index contributed by atoms with van der Waals surface area (Å²) in [6.45, 7) is 26.4. The lowest BCUT2D eigenvalue weighted by molar-refractivity contribution is 0.0358. The van der Waals surface area contributed by atoms with Gasteiger partial charge in [0.2, 0.25) is 0 Å². The SMILES string of the molecule is C#CC[C@@H](O[Si](C)(C)C(C)(C)C)[C@H](CCO)[C@@H](C=C)O[Si](C)(C)C(C)(C)C. The third kappa shape index (κ3) is 7.51. The predicted molar refractivity (Wildman–Crippen MR) is 123 cm³/mol. The maximum Gasteiger partial charge on any atom is 0.192 e. The molecule has 0 radical (unpaired) electrons. The van der Waals surface area contributed by atoms with Crippen LogP contribution in [-0.4, -0.2) is 40.6 Å². The van der Waals surface area contributed by atoms with Crippen LogP contribution in [0.25, 0.3) is 0 Å². The number of aliphatic hydroxyl groups excluding tert-OH is 1. The van der Waals surface area contributed by atoms with Crippen molar-refractivity contribution in [2.45, 2.75) is 103 Å². The Morgan fingerprint density at radius 3 is 1.78 bits per heavy atom. The molecule has 0 saturated carbocycles. The molecule has 0 bridgehead atoms.